The van der Waals surface area contributed by atoms with Crippen LogP contribution in [0.5, 0.6) is 0 Å². The summed E-state index contributed by atoms with van der Waals surface area (Å²) in [6.45, 7) is 3.35. The van der Waals surface area contributed by atoms with Crippen LogP contribution in [0.15, 0.2) is 30.6 Å². The highest BCUT2D eigenvalue weighted by Crippen LogP contribution is 2.30. The maximum atomic E-state index is 12.8. The summed E-state index contributed by atoms with van der Waals surface area (Å²) in [5, 5.41) is 17.8. The molecule has 1 amide bonds. The van der Waals surface area contributed by atoms with Crippen LogP contribution in [0.25, 0.3) is 22.2 Å². The van der Waals surface area contributed by atoms with Crippen molar-refractivity contribution in [2.24, 2.45) is 18.9 Å². The quantitative estimate of drug-likeness (QED) is 0.579. The van der Waals surface area contributed by atoms with Crippen LogP contribution in [0.4, 0.5) is 5.82 Å². The zero-order chi connectivity index (χ0) is 23.5. The molecule has 2 fully saturated rings. The fourth-order valence-corrected chi connectivity index (χ4v) is 5.26. The number of aliphatic hydroxyl groups excluding tert-OH is 1. The normalized spacial score (nSPS) is 21.6. The molecule has 8 heteroatoms. The van der Waals surface area contributed by atoms with Crippen LogP contribution < -0.4 is 5.32 Å². The van der Waals surface area contributed by atoms with Gasteiger partial charge in [-0.2, -0.15) is 5.10 Å². The fourth-order valence-electron chi connectivity index (χ4n) is 5.26. The van der Waals surface area contributed by atoms with Gasteiger partial charge in [-0.1, -0.05) is 6.42 Å². The summed E-state index contributed by atoms with van der Waals surface area (Å²) in [6.07, 6.45) is 10.9. The number of carbonyl (C=O) groups excluding carboxylic acids is 1. The molecule has 2 N–H and O–H groups in total. The van der Waals surface area contributed by atoms with Gasteiger partial charge < -0.3 is 10.4 Å². The number of carbonyl (C=O) groups is 1. The second-order valence-corrected chi connectivity index (χ2v) is 9.81. The van der Waals surface area contributed by atoms with Crippen molar-refractivity contribution in [3.05, 3.63) is 36.3 Å². The number of aromatic nitrogens is 4. The van der Waals surface area contributed by atoms with Crippen LogP contribution in [0.3, 0.4) is 0 Å². The monoisotopic (exact) mass is 462 g/mol. The molecule has 4 heterocycles. The molecule has 2 aliphatic rings. The Bertz CT molecular complexity index is 1150. The van der Waals surface area contributed by atoms with E-state index >= 15 is 0 Å². The zero-order valence-electron chi connectivity index (χ0n) is 19.9. The van der Waals surface area contributed by atoms with Crippen LogP contribution in [0.2, 0.25) is 0 Å². The van der Waals surface area contributed by atoms with Gasteiger partial charge in [0.2, 0.25) is 5.91 Å². The number of hydrogen-bond donors (Lipinski definition) is 2. The first-order valence-corrected chi connectivity index (χ1v) is 12.5. The first kappa shape index (κ1) is 22.9. The van der Waals surface area contributed by atoms with Gasteiger partial charge in [0.15, 0.2) is 0 Å². The second-order valence-electron chi connectivity index (χ2n) is 9.81. The summed E-state index contributed by atoms with van der Waals surface area (Å²) in [7, 11) is 2.00. The van der Waals surface area contributed by atoms with Crippen LogP contribution in [-0.2, 0) is 18.4 Å². The summed E-state index contributed by atoms with van der Waals surface area (Å²) < 4.78 is 1.96. The zero-order valence-corrected chi connectivity index (χ0v) is 19.9. The lowest BCUT2D eigenvalue weighted by molar-refractivity contribution is -0.121. The number of pyridine rings is 2. The van der Waals surface area contributed by atoms with Crippen LogP contribution in [0, 0.1) is 11.8 Å². The van der Waals surface area contributed by atoms with Crippen molar-refractivity contribution >= 4 is 22.6 Å². The van der Waals surface area contributed by atoms with Crippen molar-refractivity contribution in [3.8, 4) is 11.3 Å². The van der Waals surface area contributed by atoms with Crippen molar-refractivity contribution in [1.29, 1.82) is 0 Å². The number of piperidine rings is 1. The molecule has 3 aromatic heterocycles. The van der Waals surface area contributed by atoms with E-state index in [1.54, 1.807) is 6.20 Å². The summed E-state index contributed by atoms with van der Waals surface area (Å²) in [5.41, 5.74) is 3.92. The molecule has 1 aliphatic heterocycles. The highest BCUT2D eigenvalue weighted by molar-refractivity contribution is 5.93. The Kier molecular flexibility index (Phi) is 6.87. The molecule has 0 bridgehead atoms. The lowest BCUT2D eigenvalue weighted by Gasteiger charge is -2.26. The number of fused-ring (bicyclic) bond motifs is 1. The van der Waals surface area contributed by atoms with E-state index in [0.29, 0.717) is 11.7 Å². The number of likely N-dealkylation sites (tertiary alicyclic amines) is 1. The van der Waals surface area contributed by atoms with E-state index in [-0.39, 0.29) is 18.4 Å². The van der Waals surface area contributed by atoms with Gasteiger partial charge in [0.05, 0.1) is 23.1 Å². The van der Waals surface area contributed by atoms with Gasteiger partial charge in [-0.05, 0) is 69.7 Å². The number of amides is 1. The maximum absolute atomic E-state index is 12.8. The van der Waals surface area contributed by atoms with Gasteiger partial charge >= 0.3 is 0 Å². The van der Waals surface area contributed by atoms with Gasteiger partial charge in [0.25, 0.3) is 0 Å². The Morgan fingerprint density at radius 3 is 2.68 bits per heavy atom. The summed E-state index contributed by atoms with van der Waals surface area (Å²) in [6, 6.07) is 5.92. The smallest absolute Gasteiger partial charge is 0.228 e. The summed E-state index contributed by atoms with van der Waals surface area (Å²) in [5.74, 6) is 0.853. The lowest BCUT2D eigenvalue weighted by atomic mass is 9.82. The molecule has 5 rings (SSSR count). The molecule has 8 nitrogen and oxygen atoms in total. The molecule has 0 radical (unpaired) electrons. The molecule has 0 aromatic carbocycles. The number of hydrogen-bond acceptors (Lipinski definition) is 6. The standard InChI is InChI=1S/C26H34N6O2/c1-31-24(16-32-11-3-2-4-12-32)21(15-28-31)22-10-9-20-14-27-25(13-23(20)29-22)30-26(34)19-7-5-18(17-33)6-8-19/h9-10,13-15,18-19,33H,2-8,11-12,16-17H2,1H3,(H,27,30,34)/t18-,19-. The van der Waals surface area contributed by atoms with Gasteiger partial charge in [0, 0.05) is 49.3 Å². The van der Waals surface area contributed by atoms with E-state index in [2.05, 4.69) is 20.3 Å². The number of aliphatic hydroxyl groups is 1. The van der Waals surface area contributed by atoms with E-state index in [4.69, 9.17) is 4.98 Å². The van der Waals surface area contributed by atoms with E-state index in [0.717, 1.165) is 67.5 Å². The molecule has 3 aromatic rings. The lowest BCUT2D eigenvalue weighted by Crippen LogP contribution is -2.30. The Balaban J connectivity index is 1.34. The largest absolute Gasteiger partial charge is 0.396 e. The number of nitrogens with one attached hydrogen (secondary N) is 1. The van der Waals surface area contributed by atoms with E-state index < -0.39 is 0 Å². The molecule has 1 saturated carbocycles. The topological polar surface area (TPSA) is 96.2 Å². The van der Waals surface area contributed by atoms with Crippen molar-refractivity contribution in [3.63, 3.8) is 0 Å². The van der Waals surface area contributed by atoms with Crippen molar-refractivity contribution in [2.75, 3.05) is 25.0 Å². The average molecular weight is 463 g/mol. The van der Waals surface area contributed by atoms with E-state index in [1.165, 1.54) is 25.0 Å². The number of nitrogens with zero attached hydrogens (tertiary/aromatic N) is 5. The van der Waals surface area contributed by atoms with Crippen LogP contribution in [-0.4, -0.2) is 55.4 Å². The Labute approximate surface area is 200 Å². The van der Waals surface area contributed by atoms with E-state index in [9.17, 15) is 9.90 Å². The highest BCUT2D eigenvalue weighted by atomic mass is 16.3. The minimum absolute atomic E-state index is 0.00970. The molecule has 0 atom stereocenters. The fraction of sp³-hybridized carbons (Fsp3) is 0.538. The molecule has 1 aliphatic carbocycles. The number of anilines is 1. The van der Waals surface area contributed by atoms with Crippen LogP contribution >= 0.6 is 0 Å². The third-order valence-corrected chi connectivity index (χ3v) is 7.46. The van der Waals surface area contributed by atoms with Gasteiger partial charge in [0.1, 0.15) is 5.82 Å². The highest BCUT2D eigenvalue weighted by Gasteiger charge is 2.26. The molecule has 1 saturated heterocycles. The first-order chi connectivity index (χ1) is 16.6. The van der Waals surface area contributed by atoms with Crippen molar-refractivity contribution in [1.82, 2.24) is 24.6 Å². The predicted octanol–water partition coefficient (Wildman–Crippen LogP) is 3.75. The third kappa shape index (κ3) is 4.98. The molecule has 0 spiro atoms. The Morgan fingerprint density at radius 2 is 1.91 bits per heavy atom. The van der Waals surface area contributed by atoms with Crippen molar-refractivity contribution < 1.29 is 9.90 Å². The molecule has 34 heavy (non-hydrogen) atoms. The maximum Gasteiger partial charge on any atom is 0.228 e. The Hall–Kier alpha value is -2.84. The van der Waals surface area contributed by atoms with Crippen molar-refractivity contribution in [2.45, 2.75) is 51.5 Å². The molecule has 180 valence electrons. The summed E-state index contributed by atoms with van der Waals surface area (Å²) in [4.78, 5) is 24.6. The summed E-state index contributed by atoms with van der Waals surface area (Å²) >= 11 is 0. The Morgan fingerprint density at radius 1 is 1.12 bits per heavy atom. The van der Waals surface area contributed by atoms with E-state index in [1.807, 2.05) is 36.1 Å². The predicted molar refractivity (Wildman–Crippen MR) is 132 cm³/mol. The molecular formula is C26H34N6O2. The minimum atomic E-state index is -0.0210. The molecule has 0 unspecified atom stereocenters. The SMILES string of the molecule is Cn1ncc(-c2ccc3cnc(NC(=O)[C@H]4CC[C@H](CO)CC4)cc3n2)c1CN1CCCCC1. The third-order valence-electron chi connectivity index (χ3n) is 7.46. The van der Waals surface area contributed by atoms with Gasteiger partial charge in [-0.3, -0.25) is 14.4 Å². The number of aryl methyl sites for hydroxylation is 1. The second kappa shape index (κ2) is 10.2. The minimum Gasteiger partial charge on any atom is -0.396 e. The number of rotatable bonds is 6. The van der Waals surface area contributed by atoms with Gasteiger partial charge in [-0.15, -0.1) is 0 Å². The first-order valence-electron chi connectivity index (χ1n) is 12.5. The van der Waals surface area contributed by atoms with Crippen LogP contribution in [0.1, 0.15) is 50.6 Å². The van der Waals surface area contributed by atoms with Gasteiger partial charge in [-0.25, -0.2) is 9.97 Å². The average Bonchev–Trinajstić information content (AvgIpc) is 3.24. The molecular weight excluding hydrogens is 428 g/mol.